The summed E-state index contributed by atoms with van der Waals surface area (Å²) < 4.78 is 0. The van der Waals surface area contributed by atoms with Crippen molar-refractivity contribution in [1.82, 2.24) is 5.32 Å². The van der Waals surface area contributed by atoms with E-state index in [1.165, 1.54) is 50.5 Å². The Bertz CT molecular complexity index is 337. The van der Waals surface area contributed by atoms with Crippen LogP contribution in [0.25, 0.3) is 0 Å². The summed E-state index contributed by atoms with van der Waals surface area (Å²) in [7, 11) is 2.17. The van der Waals surface area contributed by atoms with Crippen molar-refractivity contribution in [2.24, 2.45) is 17.8 Å². The first-order valence-electron chi connectivity index (χ1n) is 7.57. The molecule has 0 amide bonds. The van der Waals surface area contributed by atoms with E-state index < -0.39 is 0 Å². The molecule has 2 saturated carbocycles. The topological polar surface area (TPSA) is 12.0 Å². The van der Waals surface area contributed by atoms with Gasteiger partial charge in [0.2, 0.25) is 0 Å². The standard InChI is InChI=1S/C16H25NS/c1-17-15(10-12-8-9-18-11-12)16(13-4-2-5-13)14-6-3-7-14/h8-9,11,13-17H,2-7,10H2,1H3. The van der Waals surface area contributed by atoms with Crippen LogP contribution >= 0.6 is 11.3 Å². The summed E-state index contributed by atoms with van der Waals surface area (Å²) in [5.41, 5.74) is 1.53. The van der Waals surface area contributed by atoms with Crippen LogP contribution in [0.15, 0.2) is 16.8 Å². The van der Waals surface area contributed by atoms with E-state index in [2.05, 4.69) is 29.2 Å². The highest BCUT2D eigenvalue weighted by Crippen LogP contribution is 2.46. The van der Waals surface area contributed by atoms with Gasteiger partial charge in [0.1, 0.15) is 0 Å². The third-order valence-corrected chi connectivity index (χ3v) is 5.99. The molecule has 1 unspecified atom stereocenters. The van der Waals surface area contributed by atoms with Crippen LogP contribution in [0.1, 0.15) is 44.1 Å². The van der Waals surface area contributed by atoms with Gasteiger partial charge >= 0.3 is 0 Å². The van der Waals surface area contributed by atoms with Crippen LogP contribution in [0.3, 0.4) is 0 Å². The van der Waals surface area contributed by atoms with E-state index in [1.54, 1.807) is 0 Å². The van der Waals surface area contributed by atoms with Crippen LogP contribution in [0.4, 0.5) is 0 Å². The summed E-state index contributed by atoms with van der Waals surface area (Å²) in [6, 6.07) is 3.00. The van der Waals surface area contributed by atoms with Crippen LogP contribution in [-0.2, 0) is 6.42 Å². The van der Waals surface area contributed by atoms with Gasteiger partial charge in [-0.2, -0.15) is 11.3 Å². The highest BCUT2D eigenvalue weighted by molar-refractivity contribution is 7.07. The zero-order valence-corrected chi connectivity index (χ0v) is 12.2. The van der Waals surface area contributed by atoms with Crippen LogP contribution < -0.4 is 5.32 Å². The quantitative estimate of drug-likeness (QED) is 0.815. The van der Waals surface area contributed by atoms with Crippen molar-refractivity contribution in [2.75, 3.05) is 7.05 Å². The van der Waals surface area contributed by atoms with Crippen molar-refractivity contribution in [1.29, 1.82) is 0 Å². The number of thiophene rings is 1. The van der Waals surface area contributed by atoms with Crippen LogP contribution in [-0.4, -0.2) is 13.1 Å². The highest BCUT2D eigenvalue weighted by atomic mass is 32.1. The molecule has 18 heavy (non-hydrogen) atoms. The molecule has 2 heteroatoms. The Hall–Kier alpha value is -0.340. The summed E-state index contributed by atoms with van der Waals surface area (Å²) in [4.78, 5) is 0. The number of rotatable bonds is 6. The Morgan fingerprint density at radius 3 is 2.28 bits per heavy atom. The van der Waals surface area contributed by atoms with Crippen molar-refractivity contribution in [3.63, 3.8) is 0 Å². The summed E-state index contributed by atoms with van der Waals surface area (Å²) in [5, 5.41) is 8.18. The molecule has 0 radical (unpaired) electrons. The number of hydrogen-bond donors (Lipinski definition) is 1. The van der Waals surface area contributed by atoms with Gasteiger partial charge < -0.3 is 5.32 Å². The fourth-order valence-electron chi connectivity index (χ4n) is 3.78. The lowest BCUT2D eigenvalue weighted by Crippen LogP contribution is -2.46. The van der Waals surface area contributed by atoms with E-state index >= 15 is 0 Å². The molecule has 2 aliphatic rings. The second-order valence-electron chi connectivity index (χ2n) is 6.19. The maximum absolute atomic E-state index is 3.64. The Kier molecular flexibility index (Phi) is 4.05. The summed E-state index contributed by atoms with van der Waals surface area (Å²) >= 11 is 1.83. The molecule has 2 fully saturated rings. The first kappa shape index (κ1) is 12.7. The molecule has 3 rings (SSSR count). The minimum Gasteiger partial charge on any atom is -0.316 e. The van der Waals surface area contributed by atoms with E-state index in [9.17, 15) is 0 Å². The first-order valence-corrected chi connectivity index (χ1v) is 8.51. The Morgan fingerprint density at radius 1 is 1.22 bits per heavy atom. The maximum atomic E-state index is 3.64. The Balaban J connectivity index is 1.69. The molecule has 2 aliphatic carbocycles. The van der Waals surface area contributed by atoms with Crippen molar-refractivity contribution in [3.05, 3.63) is 22.4 Å². The lowest BCUT2D eigenvalue weighted by atomic mass is 9.61. The summed E-state index contributed by atoms with van der Waals surface area (Å²) in [5.74, 6) is 2.98. The summed E-state index contributed by atoms with van der Waals surface area (Å²) in [6.45, 7) is 0. The molecular formula is C16H25NS. The molecule has 1 heterocycles. The molecule has 1 nitrogen and oxygen atoms in total. The zero-order valence-electron chi connectivity index (χ0n) is 11.4. The molecule has 1 aromatic rings. The molecule has 0 spiro atoms. The van der Waals surface area contributed by atoms with Crippen LogP contribution in [0.2, 0.25) is 0 Å². The monoisotopic (exact) mass is 263 g/mol. The largest absolute Gasteiger partial charge is 0.316 e. The normalized spacial score (nSPS) is 22.8. The summed E-state index contributed by atoms with van der Waals surface area (Å²) in [6.07, 6.45) is 10.1. The average Bonchev–Trinajstić information content (AvgIpc) is 2.72. The van der Waals surface area contributed by atoms with E-state index in [4.69, 9.17) is 0 Å². The molecular weight excluding hydrogens is 238 g/mol. The average molecular weight is 263 g/mol. The molecule has 0 aromatic carbocycles. The lowest BCUT2D eigenvalue weighted by Gasteiger charge is -2.46. The van der Waals surface area contributed by atoms with Gasteiger partial charge in [0.15, 0.2) is 0 Å². The van der Waals surface area contributed by atoms with Gasteiger partial charge in [0.05, 0.1) is 0 Å². The SMILES string of the molecule is CNC(Cc1ccsc1)C(C1CCC1)C1CCC1. The fraction of sp³-hybridized carbons (Fsp3) is 0.750. The minimum absolute atomic E-state index is 0.704. The van der Waals surface area contributed by atoms with Crippen molar-refractivity contribution >= 4 is 11.3 Å². The van der Waals surface area contributed by atoms with Gasteiger partial charge in [-0.15, -0.1) is 0 Å². The second kappa shape index (κ2) is 5.75. The van der Waals surface area contributed by atoms with Gasteiger partial charge in [0.25, 0.3) is 0 Å². The predicted octanol–water partition coefficient (Wildman–Crippen LogP) is 4.10. The Labute approximate surface area is 115 Å². The molecule has 1 N–H and O–H groups in total. The molecule has 0 bridgehead atoms. The third kappa shape index (κ3) is 2.50. The molecule has 1 atom stereocenters. The van der Waals surface area contributed by atoms with Gasteiger partial charge in [-0.1, -0.05) is 38.5 Å². The zero-order chi connectivity index (χ0) is 12.4. The van der Waals surface area contributed by atoms with Crippen molar-refractivity contribution in [2.45, 2.75) is 51.0 Å². The Morgan fingerprint density at radius 2 is 1.89 bits per heavy atom. The first-order chi connectivity index (χ1) is 8.88. The van der Waals surface area contributed by atoms with E-state index in [1.807, 2.05) is 11.3 Å². The predicted molar refractivity (Wildman–Crippen MR) is 79.0 cm³/mol. The second-order valence-corrected chi connectivity index (χ2v) is 6.97. The van der Waals surface area contributed by atoms with E-state index in [0.717, 1.165) is 17.8 Å². The molecule has 0 aliphatic heterocycles. The number of hydrogen-bond acceptors (Lipinski definition) is 2. The van der Waals surface area contributed by atoms with Gasteiger partial charge in [-0.05, 0) is 53.6 Å². The smallest absolute Gasteiger partial charge is 0.0138 e. The van der Waals surface area contributed by atoms with Crippen molar-refractivity contribution in [3.8, 4) is 0 Å². The fourth-order valence-corrected chi connectivity index (χ4v) is 4.47. The van der Waals surface area contributed by atoms with Crippen LogP contribution in [0.5, 0.6) is 0 Å². The van der Waals surface area contributed by atoms with Crippen molar-refractivity contribution < 1.29 is 0 Å². The number of nitrogens with one attached hydrogen (secondary N) is 1. The van der Waals surface area contributed by atoms with E-state index in [-0.39, 0.29) is 0 Å². The van der Waals surface area contributed by atoms with Gasteiger partial charge in [-0.25, -0.2) is 0 Å². The minimum atomic E-state index is 0.704. The van der Waals surface area contributed by atoms with Crippen LogP contribution in [0, 0.1) is 17.8 Å². The third-order valence-electron chi connectivity index (χ3n) is 5.26. The van der Waals surface area contributed by atoms with Gasteiger partial charge in [0, 0.05) is 6.04 Å². The molecule has 0 saturated heterocycles. The highest BCUT2D eigenvalue weighted by Gasteiger charge is 2.40. The van der Waals surface area contributed by atoms with E-state index in [0.29, 0.717) is 6.04 Å². The van der Waals surface area contributed by atoms with Gasteiger partial charge in [-0.3, -0.25) is 0 Å². The lowest BCUT2D eigenvalue weighted by molar-refractivity contribution is 0.0623. The maximum Gasteiger partial charge on any atom is 0.0138 e. The molecule has 100 valence electrons. The number of likely N-dealkylation sites (N-methyl/N-ethyl adjacent to an activating group) is 1. The molecule has 1 aromatic heterocycles.